The van der Waals surface area contributed by atoms with Crippen LogP contribution in [0, 0.1) is 11.8 Å². The monoisotopic (exact) mass is 555 g/mol. The van der Waals surface area contributed by atoms with Crippen molar-refractivity contribution < 1.29 is 47.5 Å². The summed E-state index contributed by atoms with van der Waals surface area (Å²) < 4.78 is 32.3. The van der Waals surface area contributed by atoms with Gasteiger partial charge in [0.2, 0.25) is 11.8 Å². The molecule has 0 radical (unpaired) electrons. The number of thioether (sulfide) groups is 1. The number of hydrogen-bond donors (Lipinski definition) is 6. The molecule has 2 fully saturated rings. The fourth-order valence-corrected chi connectivity index (χ4v) is 7.05. The van der Waals surface area contributed by atoms with Crippen LogP contribution in [-0.2, 0) is 24.5 Å². The number of anilines is 1. The fraction of sp³-hybridized carbons (Fsp3) is 0.455. The van der Waals surface area contributed by atoms with E-state index in [1.165, 1.54) is 23.6 Å². The number of nitrogens with one attached hydrogen (secondary N) is 2. The number of aliphatic hydroxyl groups is 1. The van der Waals surface area contributed by atoms with Gasteiger partial charge < -0.3 is 30.9 Å². The number of aromatic carboxylic acids is 1. The van der Waals surface area contributed by atoms with Crippen LogP contribution in [0.25, 0.3) is 0 Å². The highest BCUT2D eigenvalue weighted by Crippen LogP contribution is 2.51. The van der Waals surface area contributed by atoms with E-state index in [0.717, 1.165) is 18.2 Å². The highest BCUT2D eigenvalue weighted by Gasteiger charge is 2.60. The number of nitrogens with zero attached hydrogens (tertiary/aromatic N) is 1. The minimum atomic E-state index is -4.72. The minimum absolute atomic E-state index is 0.111. The summed E-state index contributed by atoms with van der Waals surface area (Å²) in [6.07, 6.45) is -0.653. The van der Waals surface area contributed by atoms with Crippen molar-refractivity contribution in [1.29, 1.82) is 0 Å². The Labute approximate surface area is 215 Å². The molecule has 1 aromatic carbocycles. The zero-order valence-electron chi connectivity index (χ0n) is 19.6. The van der Waals surface area contributed by atoms with Gasteiger partial charge >= 0.3 is 11.9 Å². The predicted molar refractivity (Wildman–Crippen MR) is 129 cm³/mol. The maximum absolute atomic E-state index is 12.8. The minimum Gasteiger partial charge on any atom is -0.478 e. The lowest BCUT2D eigenvalue weighted by Crippen LogP contribution is -2.63. The van der Waals surface area contributed by atoms with Gasteiger partial charge in [-0.05, 0) is 31.5 Å². The number of carboxylic acids is 2. The number of fused-ring (bicyclic) bond motifs is 1. The summed E-state index contributed by atoms with van der Waals surface area (Å²) in [6, 6.07) is 1.55. The number of hydrogen-bond acceptors (Lipinski definition) is 9. The van der Waals surface area contributed by atoms with E-state index in [2.05, 4.69) is 10.6 Å². The van der Waals surface area contributed by atoms with Crippen LogP contribution in [0.2, 0.25) is 0 Å². The normalized spacial score (nSPS) is 28.1. The summed E-state index contributed by atoms with van der Waals surface area (Å²) in [5.41, 5.74) is -0.695. The molecule has 3 aliphatic rings. The summed E-state index contributed by atoms with van der Waals surface area (Å²) in [5.74, 6) is -4.72. The van der Waals surface area contributed by atoms with Crippen LogP contribution >= 0.6 is 11.8 Å². The average Bonchev–Trinajstić information content (AvgIpc) is 3.35. The molecule has 0 aromatic heterocycles. The number of aliphatic carboxylic acids is 1. The molecule has 2 saturated heterocycles. The van der Waals surface area contributed by atoms with Gasteiger partial charge in [-0.25, -0.2) is 9.59 Å². The standard InChI is InChI=1S/C22H25N3O10S2/c1-8-16-15(9(2)26)20(28)25(16)17(22(31)32)18(8)36-12-6-14(23-7-12)19(27)24-11-3-10(21(29)30)4-13(5-11)37(33,34)35/h3-5,8-9,12,14-16,23,26H,6-7H2,1-2H3,(H,24,27)(H,29,30)(H,31,32)(H,33,34,35). The van der Waals surface area contributed by atoms with Crippen LogP contribution in [0.3, 0.4) is 0 Å². The van der Waals surface area contributed by atoms with Crippen molar-refractivity contribution in [3.8, 4) is 0 Å². The summed E-state index contributed by atoms with van der Waals surface area (Å²) in [5, 5.41) is 34.2. The van der Waals surface area contributed by atoms with Crippen LogP contribution in [-0.4, -0.2) is 86.9 Å². The zero-order chi connectivity index (χ0) is 27.4. The second kappa shape index (κ2) is 9.72. The molecule has 37 heavy (non-hydrogen) atoms. The van der Waals surface area contributed by atoms with Crippen molar-refractivity contribution in [3.05, 3.63) is 34.4 Å². The maximum Gasteiger partial charge on any atom is 0.353 e. The van der Waals surface area contributed by atoms with Gasteiger partial charge in [-0.15, -0.1) is 11.8 Å². The number of carboxylic acid groups (broad SMARTS) is 2. The smallest absolute Gasteiger partial charge is 0.353 e. The Balaban J connectivity index is 1.47. The third kappa shape index (κ3) is 4.96. The van der Waals surface area contributed by atoms with Crippen LogP contribution in [0.15, 0.2) is 33.7 Å². The number of amides is 2. The SMILES string of the molecule is CC(O)C1C(=O)N2C(C(=O)O)=C(SC3CNC(C(=O)Nc4cc(C(=O)O)cc(S(=O)(=O)O)c4)C3)C(C)C12. The topological polar surface area (TPSA) is 211 Å². The average molecular weight is 556 g/mol. The van der Waals surface area contributed by atoms with Crippen molar-refractivity contribution >= 4 is 51.3 Å². The largest absolute Gasteiger partial charge is 0.478 e. The number of benzene rings is 1. The van der Waals surface area contributed by atoms with E-state index in [9.17, 15) is 47.5 Å². The van der Waals surface area contributed by atoms with Crippen LogP contribution in [0.4, 0.5) is 5.69 Å². The first-order valence-electron chi connectivity index (χ1n) is 11.3. The predicted octanol–water partition coefficient (Wildman–Crippen LogP) is 0.187. The summed E-state index contributed by atoms with van der Waals surface area (Å²) in [4.78, 5) is 49.7. The van der Waals surface area contributed by atoms with Gasteiger partial charge in [-0.2, -0.15) is 8.42 Å². The van der Waals surface area contributed by atoms with Crippen molar-refractivity contribution in [2.24, 2.45) is 11.8 Å². The molecular weight excluding hydrogens is 530 g/mol. The molecule has 13 nitrogen and oxygen atoms in total. The second-order valence-corrected chi connectivity index (χ2v) is 12.0. The molecule has 6 unspecified atom stereocenters. The van der Waals surface area contributed by atoms with Gasteiger partial charge in [0.1, 0.15) is 5.70 Å². The molecule has 4 rings (SSSR count). The lowest BCUT2D eigenvalue weighted by Gasteiger charge is -2.46. The Morgan fingerprint density at radius 3 is 2.43 bits per heavy atom. The molecule has 2 amide bonds. The molecule has 200 valence electrons. The molecule has 1 aromatic rings. The number of rotatable bonds is 8. The summed E-state index contributed by atoms with van der Waals surface area (Å²) in [7, 11) is -4.72. The van der Waals surface area contributed by atoms with Gasteiger partial charge in [-0.1, -0.05) is 6.92 Å². The third-order valence-corrected chi connectivity index (χ3v) is 9.07. The van der Waals surface area contributed by atoms with Crippen molar-refractivity contribution in [2.45, 2.75) is 48.6 Å². The van der Waals surface area contributed by atoms with E-state index in [1.807, 2.05) is 0 Å². The number of aliphatic hydroxyl groups excluding tert-OH is 1. The molecular formula is C22H25N3O10S2. The third-order valence-electron chi connectivity index (χ3n) is 6.73. The Kier molecular flexibility index (Phi) is 7.11. The Morgan fingerprint density at radius 1 is 1.19 bits per heavy atom. The van der Waals surface area contributed by atoms with Crippen LogP contribution in [0.5, 0.6) is 0 Å². The molecule has 15 heteroatoms. The lowest BCUT2D eigenvalue weighted by atomic mass is 9.79. The summed E-state index contributed by atoms with van der Waals surface area (Å²) >= 11 is 1.25. The van der Waals surface area contributed by atoms with E-state index < -0.39 is 68.4 Å². The van der Waals surface area contributed by atoms with Crippen LogP contribution < -0.4 is 10.6 Å². The van der Waals surface area contributed by atoms with Gasteiger partial charge in [-0.3, -0.25) is 14.1 Å². The van der Waals surface area contributed by atoms with Gasteiger partial charge in [0.05, 0.1) is 34.6 Å². The Bertz CT molecular complexity index is 1330. The van der Waals surface area contributed by atoms with E-state index >= 15 is 0 Å². The van der Waals surface area contributed by atoms with E-state index in [4.69, 9.17) is 0 Å². The number of β-lactam (4-membered cyclic amide) rings is 1. The van der Waals surface area contributed by atoms with Gasteiger partial charge in [0.25, 0.3) is 10.1 Å². The van der Waals surface area contributed by atoms with Crippen molar-refractivity contribution in [3.63, 3.8) is 0 Å². The molecule has 3 heterocycles. The maximum atomic E-state index is 12.8. The first-order chi connectivity index (χ1) is 17.2. The lowest BCUT2D eigenvalue weighted by molar-refractivity contribution is -0.163. The van der Waals surface area contributed by atoms with Crippen molar-refractivity contribution in [1.82, 2.24) is 10.2 Å². The van der Waals surface area contributed by atoms with E-state index in [0.29, 0.717) is 11.4 Å². The molecule has 6 atom stereocenters. The van der Waals surface area contributed by atoms with E-state index in [-0.39, 0.29) is 29.0 Å². The van der Waals surface area contributed by atoms with Crippen LogP contribution in [0.1, 0.15) is 30.6 Å². The molecule has 6 N–H and O–H groups in total. The highest BCUT2D eigenvalue weighted by atomic mass is 32.2. The zero-order valence-corrected chi connectivity index (χ0v) is 21.2. The Morgan fingerprint density at radius 2 is 1.86 bits per heavy atom. The summed E-state index contributed by atoms with van der Waals surface area (Å²) in [6.45, 7) is 3.62. The number of carbonyl (C=O) groups excluding carboxylic acids is 2. The first-order valence-corrected chi connectivity index (χ1v) is 13.6. The molecule has 0 saturated carbocycles. The number of carbonyl (C=O) groups is 4. The first kappa shape index (κ1) is 27.1. The quantitative estimate of drug-likeness (QED) is 0.187. The Hall–Kier alpha value is -2.98. The van der Waals surface area contributed by atoms with Gasteiger partial charge in [0, 0.05) is 28.3 Å². The molecule has 0 aliphatic carbocycles. The molecule has 3 aliphatic heterocycles. The highest BCUT2D eigenvalue weighted by molar-refractivity contribution is 8.03. The van der Waals surface area contributed by atoms with Gasteiger partial charge in [0.15, 0.2) is 0 Å². The molecule has 0 bridgehead atoms. The fourth-order valence-electron chi connectivity index (χ4n) is 5.02. The van der Waals surface area contributed by atoms with E-state index in [1.54, 1.807) is 6.92 Å². The van der Waals surface area contributed by atoms with Crippen molar-refractivity contribution in [2.75, 3.05) is 11.9 Å². The molecule has 0 spiro atoms. The second-order valence-electron chi connectivity index (χ2n) is 9.22.